The first kappa shape index (κ1) is 11.5. The summed E-state index contributed by atoms with van der Waals surface area (Å²) in [6.45, 7) is 0.348. The summed E-state index contributed by atoms with van der Waals surface area (Å²) in [5, 5.41) is 12.1. The largest absolute Gasteiger partial charge is 0.478 e. The molecule has 5 nitrogen and oxygen atoms in total. The highest BCUT2D eigenvalue weighted by Gasteiger charge is 2.07. The Labute approximate surface area is 102 Å². The van der Waals surface area contributed by atoms with Crippen molar-refractivity contribution in [2.24, 2.45) is 0 Å². The minimum absolute atomic E-state index is 0.126. The first-order valence-electron chi connectivity index (χ1n) is 4.82. The summed E-state index contributed by atoms with van der Waals surface area (Å²) in [6.07, 6.45) is 1.20. The summed E-state index contributed by atoms with van der Waals surface area (Å²) in [5.41, 5.74) is 0.126. The molecule has 0 aromatic carbocycles. The number of pyridine rings is 1. The second-order valence-corrected chi connectivity index (χ2v) is 3.69. The van der Waals surface area contributed by atoms with Gasteiger partial charge >= 0.3 is 5.97 Å². The first-order valence-corrected chi connectivity index (χ1v) is 5.20. The van der Waals surface area contributed by atoms with Crippen LogP contribution in [-0.2, 0) is 6.54 Å². The summed E-state index contributed by atoms with van der Waals surface area (Å²) in [6, 6.07) is 6.65. The molecule has 0 amide bonds. The SMILES string of the molecule is O=C(O)c1coc(CNc2cccc(Cl)n2)c1. The fraction of sp³-hybridized carbons (Fsp3) is 0.0909. The van der Waals surface area contributed by atoms with Gasteiger partial charge in [-0.3, -0.25) is 0 Å². The maximum absolute atomic E-state index is 10.6. The molecular weight excluding hydrogens is 244 g/mol. The van der Waals surface area contributed by atoms with Gasteiger partial charge in [-0.2, -0.15) is 0 Å². The van der Waals surface area contributed by atoms with E-state index in [9.17, 15) is 4.79 Å². The van der Waals surface area contributed by atoms with Crippen LogP contribution in [0.2, 0.25) is 5.15 Å². The zero-order valence-electron chi connectivity index (χ0n) is 8.68. The van der Waals surface area contributed by atoms with E-state index in [0.717, 1.165) is 0 Å². The fourth-order valence-corrected chi connectivity index (χ4v) is 1.43. The van der Waals surface area contributed by atoms with Crippen LogP contribution in [-0.4, -0.2) is 16.1 Å². The van der Waals surface area contributed by atoms with Gasteiger partial charge in [-0.15, -0.1) is 0 Å². The summed E-state index contributed by atoms with van der Waals surface area (Å²) in [4.78, 5) is 14.6. The lowest BCUT2D eigenvalue weighted by Crippen LogP contribution is -2.00. The summed E-state index contributed by atoms with van der Waals surface area (Å²) < 4.78 is 5.07. The number of aromatic nitrogens is 1. The standard InChI is InChI=1S/C11H9ClN2O3/c12-9-2-1-3-10(14-9)13-5-8-4-7(6-17-8)11(15)16/h1-4,6H,5H2,(H,13,14)(H,15,16). The van der Waals surface area contributed by atoms with Crippen molar-refractivity contribution in [1.82, 2.24) is 4.98 Å². The van der Waals surface area contributed by atoms with Crippen molar-refractivity contribution in [2.75, 3.05) is 5.32 Å². The molecule has 0 atom stereocenters. The van der Waals surface area contributed by atoms with E-state index in [1.54, 1.807) is 18.2 Å². The highest BCUT2D eigenvalue weighted by molar-refractivity contribution is 6.29. The van der Waals surface area contributed by atoms with E-state index in [2.05, 4.69) is 10.3 Å². The van der Waals surface area contributed by atoms with Crippen molar-refractivity contribution in [2.45, 2.75) is 6.54 Å². The number of carboxylic acid groups (broad SMARTS) is 1. The number of anilines is 1. The quantitative estimate of drug-likeness (QED) is 0.818. The van der Waals surface area contributed by atoms with Gasteiger partial charge in [-0.1, -0.05) is 17.7 Å². The molecule has 0 aliphatic rings. The van der Waals surface area contributed by atoms with Gasteiger partial charge in [-0.25, -0.2) is 9.78 Å². The third kappa shape index (κ3) is 2.98. The average Bonchev–Trinajstić information content (AvgIpc) is 2.75. The van der Waals surface area contributed by atoms with Gasteiger partial charge < -0.3 is 14.8 Å². The van der Waals surface area contributed by atoms with Gasteiger partial charge in [0.25, 0.3) is 0 Å². The first-order chi connectivity index (χ1) is 8.15. The third-order valence-electron chi connectivity index (χ3n) is 2.06. The van der Waals surface area contributed by atoms with Crippen molar-refractivity contribution in [3.8, 4) is 0 Å². The number of hydrogen-bond donors (Lipinski definition) is 2. The highest BCUT2D eigenvalue weighted by Crippen LogP contribution is 2.12. The van der Waals surface area contributed by atoms with Crippen molar-refractivity contribution in [1.29, 1.82) is 0 Å². The third-order valence-corrected chi connectivity index (χ3v) is 2.27. The molecule has 0 aliphatic heterocycles. The highest BCUT2D eigenvalue weighted by atomic mass is 35.5. The average molecular weight is 253 g/mol. The minimum Gasteiger partial charge on any atom is -0.478 e. The molecule has 0 fully saturated rings. The second kappa shape index (κ2) is 4.88. The van der Waals surface area contributed by atoms with Crippen molar-refractivity contribution >= 4 is 23.4 Å². The molecule has 0 radical (unpaired) electrons. The van der Waals surface area contributed by atoms with E-state index < -0.39 is 5.97 Å². The van der Waals surface area contributed by atoms with Crippen LogP contribution < -0.4 is 5.32 Å². The summed E-state index contributed by atoms with van der Waals surface area (Å²) >= 11 is 5.72. The monoisotopic (exact) mass is 252 g/mol. The van der Waals surface area contributed by atoms with Crippen LogP contribution in [0.1, 0.15) is 16.1 Å². The minimum atomic E-state index is -1.01. The Kier molecular flexibility index (Phi) is 3.30. The van der Waals surface area contributed by atoms with Crippen LogP contribution in [0.15, 0.2) is 34.9 Å². The predicted molar refractivity (Wildman–Crippen MR) is 62.2 cm³/mol. The van der Waals surface area contributed by atoms with Crippen molar-refractivity contribution in [3.63, 3.8) is 0 Å². The number of furan rings is 1. The van der Waals surface area contributed by atoms with Crippen LogP contribution in [0.5, 0.6) is 0 Å². The molecule has 2 rings (SSSR count). The lowest BCUT2D eigenvalue weighted by atomic mass is 10.3. The maximum Gasteiger partial charge on any atom is 0.338 e. The number of aromatic carboxylic acids is 1. The zero-order valence-corrected chi connectivity index (χ0v) is 9.44. The molecule has 0 unspecified atom stereocenters. The van der Waals surface area contributed by atoms with Gasteiger partial charge in [0.2, 0.25) is 0 Å². The number of hydrogen-bond acceptors (Lipinski definition) is 4. The predicted octanol–water partition coefficient (Wildman–Crippen LogP) is 2.64. The Hall–Kier alpha value is -2.01. The zero-order chi connectivity index (χ0) is 12.3. The molecule has 2 N–H and O–H groups in total. The number of nitrogens with zero attached hydrogens (tertiary/aromatic N) is 1. The Morgan fingerprint density at radius 3 is 3.00 bits per heavy atom. The number of carbonyl (C=O) groups is 1. The second-order valence-electron chi connectivity index (χ2n) is 3.31. The van der Waals surface area contributed by atoms with Crippen LogP contribution in [0.3, 0.4) is 0 Å². The lowest BCUT2D eigenvalue weighted by molar-refractivity contribution is 0.0696. The Morgan fingerprint density at radius 1 is 1.53 bits per heavy atom. The normalized spacial score (nSPS) is 10.2. The van der Waals surface area contributed by atoms with Gasteiger partial charge in [-0.05, 0) is 18.2 Å². The molecule has 88 valence electrons. The summed E-state index contributed by atoms with van der Waals surface area (Å²) in [5.74, 6) is 0.107. The van der Waals surface area contributed by atoms with E-state index in [4.69, 9.17) is 21.1 Å². The van der Waals surface area contributed by atoms with Gasteiger partial charge in [0, 0.05) is 0 Å². The molecular formula is C11H9ClN2O3. The molecule has 0 bridgehead atoms. The van der Waals surface area contributed by atoms with Gasteiger partial charge in [0.1, 0.15) is 23.0 Å². The molecule has 0 saturated heterocycles. The number of nitrogens with one attached hydrogen (secondary N) is 1. The molecule has 6 heteroatoms. The van der Waals surface area contributed by atoms with Crippen LogP contribution in [0.4, 0.5) is 5.82 Å². The van der Waals surface area contributed by atoms with E-state index in [1.165, 1.54) is 12.3 Å². The van der Waals surface area contributed by atoms with Gasteiger partial charge in [0.15, 0.2) is 0 Å². The topological polar surface area (TPSA) is 75.4 Å². The van der Waals surface area contributed by atoms with Crippen LogP contribution >= 0.6 is 11.6 Å². The van der Waals surface area contributed by atoms with Crippen LogP contribution in [0.25, 0.3) is 0 Å². The molecule has 0 spiro atoms. The van der Waals surface area contributed by atoms with E-state index in [1.807, 2.05) is 0 Å². The molecule has 17 heavy (non-hydrogen) atoms. The Morgan fingerprint density at radius 2 is 2.35 bits per heavy atom. The van der Waals surface area contributed by atoms with Crippen molar-refractivity contribution in [3.05, 3.63) is 47.0 Å². The maximum atomic E-state index is 10.6. The number of carboxylic acids is 1. The van der Waals surface area contributed by atoms with E-state index in [0.29, 0.717) is 23.3 Å². The molecule has 2 aromatic rings. The molecule has 2 aromatic heterocycles. The van der Waals surface area contributed by atoms with Crippen LogP contribution in [0, 0.1) is 0 Å². The molecule has 2 heterocycles. The number of halogens is 1. The number of rotatable bonds is 4. The smallest absolute Gasteiger partial charge is 0.338 e. The lowest BCUT2D eigenvalue weighted by Gasteiger charge is -2.02. The van der Waals surface area contributed by atoms with E-state index >= 15 is 0 Å². The van der Waals surface area contributed by atoms with Crippen molar-refractivity contribution < 1.29 is 14.3 Å². The molecule has 0 saturated carbocycles. The Balaban J connectivity index is 2.00. The fourth-order valence-electron chi connectivity index (χ4n) is 1.27. The molecule has 0 aliphatic carbocycles. The van der Waals surface area contributed by atoms with E-state index in [-0.39, 0.29) is 5.56 Å². The summed E-state index contributed by atoms with van der Waals surface area (Å²) in [7, 11) is 0. The Bertz CT molecular complexity index is 539. The van der Waals surface area contributed by atoms with Gasteiger partial charge in [0.05, 0.1) is 12.1 Å².